The van der Waals surface area contributed by atoms with E-state index in [2.05, 4.69) is 34.2 Å². The van der Waals surface area contributed by atoms with E-state index < -0.39 is 17.2 Å². The van der Waals surface area contributed by atoms with Crippen LogP contribution in [0.2, 0.25) is 0 Å². The molecule has 3 heterocycles. The molecule has 1 saturated heterocycles. The molecule has 1 unspecified atom stereocenters. The zero-order valence-electron chi connectivity index (χ0n) is 20.3. The van der Waals surface area contributed by atoms with E-state index in [-0.39, 0.29) is 24.4 Å². The van der Waals surface area contributed by atoms with Gasteiger partial charge in [-0.3, -0.25) is 4.79 Å². The molecule has 1 saturated carbocycles. The van der Waals surface area contributed by atoms with Crippen molar-refractivity contribution in [3.05, 3.63) is 41.2 Å². The Morgan fingerprint density at radius 2 is 1.86 bits per heavy atom. The van der Waals surface area contributed by atoms with Gasteiger partial charge in [0.15, 0.2) is 6.33 Å². The van der Waals surface area contributed by atoms with Crippen LogP contribution in [0.4, 0.5) is 13.2 Å². The van der Waals surface area contributed by atoms with Gasteiger partial charge in [-0.15, -0.1) is 10.2 Å². The number of halogens is 3. The number of hydrogen-bond acceptors (Lipinski definition) is 5. The maximum Gasteiger partial charge on any atom is 0.416 e. The van der Waals surface area contributed by atoms with Crippen LogP contribution in [0.5, 0.6) is 0 Å². The molecule has 2 atom stereocenters. The van der Waals surface area contributed by atoms with E-state index >= 15 is 0 Å². The van der Waals surface area contributed by atoms with Gasteiger partial charge in [0.25, 0.3) is 0 Å². The van der Waals surface area contributed by atoms with E-state index in [0.29, 0.717) is 24.6 Å². The molecule has 2 fully saturated rings. The molecule has 2 aliphatic heterocycles. The van der Waals surface area contributed by atoms with E-state index in [4.69, 9.17) is 0 Å². The molecule has 2 aromatic rings. The fourth-order valence-electron chi connectivity index (χ4n) is 6.37. The number of carbonyl (C=O) groups excluding carboxylic acids is 1. The average molecular weight is 491 g/mol. The first-order chi connectivity index (χ1) is 16.7. The molecule has 1 aromatic carbocycles. The molecule has 1 aliphatic carbocycles. The van der Waals surface area contributed by atoms with Crippen LogP contribution in [0.1, 0.15) is 68.7 Å². The van der Waals surface area contributed by atoms with Crippen molar-refractivity contribution in [2.24, 2.45) is 11.3 Å². The molecule has 7 nitrogen and oxygen atoms in total. The number of aromatic nitrogens is 4. The number of likely N-dealkylation sites (tertiary alicyclic amines) is 1. The van der Waals surface area contributed by atoms with Crippen LogP contribution in [-0.2, 0) is 23.9 Å². The molecule has 35 heavy (non-hydrogen) atoms. The van der Waals surface area contributed by atoms with Crippen LogP contribution in [-0.4, -0.2) is 61.6 Å². The number of tetrazole rings is 1. The molecule has 5 rings (SSSR count). The quantitative estimate of drug-likeness (QED) is 0.646. The smallest absolute Gasteiger partial charge is 0.338 e. The van der Waals surface area contributed by atoms with Gasteiger partial charge in [-0.1, -0.05) is 19.9 Å². The van der Waals surface area contributed by atoms with E-state index in [9.17, 15) is 18.0 Å². The Hall–Kier alpha value is -2.49. The van der Waals surface area contributed by atoms with Gasteiger partial charge in [-0.05, 0) is 72.9 Å². The molecule has 0 N–H and O–H groups in total. The van der Waals surface area contributed by atoms with Crippen LogP contribution < -0.4 is 0 Å². The van der Waals surface area contributed by atoms with Crippen LogP contribution in [0, 0.1) is 11.3 Å². The van der Waals surface area contributed by atoms with Crippen molar-refractivity contribution in [3.63, 3.8) is 0 Å². The first-order valence-corrected chi connectivity index (χ1v) is 12.6. The van der Waals surface area contributed by atoms with Crippen molar-refractivity contribution in [2.45, 2.75) is 77.2 Å². The minimum absolute atomic E-state index is 0.111. The van der Waals surface area contributed by atoms with Gasteiger partial charge in [0, 0.05) is 32.2 Å². The predicted octanol–water partition coefficient (Wildman–Crippen LogP) is 4.11. The van der Waals surface area contributed by atoms with Crippen molar-refractivity contribution in [1.82, 2.24) is 30.0 Å². The Morgan fingerprint density at radius 1 is 1.09 bits per heavy atom. The minimum atomic E-state index is -4.38. The Kier molecular flexibility index (Phi) is 6.35. The van der Waals surface area contributed by atoms with Crippen LogP contribution >= 0.6 is 0 Å². The highest BCUT2D eigenvalue weighted by molar-refractivity contribution is 5.84. The molecule has 0 spiro atoms. The van der Waals surface area contributed by atoms with Gasteiger partial charge < -0.3 is 9.80 Å². The lowest BCUT2D eigenvalue weighted by molar-refractivity contribution is -0.146. The lowest BCUT2D eigenvalue weighted by Crippen LogP contribution is -2.49. The van der Waals surface area contributed by atoms with Crippen molar-refractivity contribution in [3.8, 4) is 0 Å². The van der Waals surface area contributed by atoms with Gasteiger partial charge in [-0.25, -0.2) is 0 Å². The summed E-state index contributed by atoms with van der Waals surface area (Å²) in [6, 6.07) is 4.56. The molecular formula is C25H33F3N6O. The zero-order chi connectivity index (χ0) is 24.8. The number of nitrogens with zero attached hydrogens (tertiary/aromatic N) is 6. The fourth-order valence-corrected chi connectivity index (χ4v) is 6.37. The monoisotopic (exact) mass is 490 g/mol. The largest absolute Gasteiger partial charge is 0.416 e. The fraction of sp³-hybridized carbons (Fsp3) is 0.680. The van der Waals surface area contributed by atoms with Gasteiger partial charge >= 0.3 is 6.18 Å². The van der Waals surface area contributed by atoms with Gasteiger partial charge in [0.2, 0.25) is 5.91 Å². The van der Waals surface area contributed by atoms with E-state index in [1.54, 1.807) is 10.9 Å². The lowest BCUT2D eigenvalue weighted by atomic mass is 9.73. The second-order valence-corrected chi connectivity index (χ2v) is 10.7. The van der Waals surface area contributed by atoms with Crippen molar-refractivity contribution < 1.29 is 18.0 Å². The third-order valence-corrected chi connectivity index (χ3v) is 8.59. The van der Waals surface area contributed by atoms with E-state index in [1.165, 1.54) is 12.4 Å². The summed E-state index contributed by atoms with van der Waals surface area (Å²) in [6.07, 6.45) is 2.21. The number of amides is 1. The summed E-state index contributed by atoms with van der Waals surface area (Å²) in [5, 5.41) is 12.0. The average Bonchev–Trinajstić information content (AvgIpc) is 3.54. The van der Waals surface area contributed by atoms with Gasteiger partial charge in [0.1, 0.15) is 0 Å². The van der Waals surface area contributed by atoms with Gasteiger partial charge in [-0.2, -0.15) is 18.0 Å². The molecular weight excluding hydrogens is 457 g/mol. The minimum Gasteiger partial charge on any atom is -0.338 e. The highest BCUT2D eigenvalue weighted by Gasteiger charge is 2.51. The number of rotatable bonds is 4. The molecule has 10 heteroatoms. The van der Waals surface area contributed by atoms with Crippen molar-refractivity contribution >= 4 is 5.91 Å². The number of alkyl halides is 3. The van der Waals surface area contributed by atoms with E-state index in [1.807, 2.05) is 4.90 Å². The summed E-state index contributed by atoms with van der Waals surface area (Å²) in [6.45, 7) is 6.93. The standard InChI is InChI=1S/C25H33F3N6O/c1-17(2)24(9-5-22(14-24)32-11-7-21(8-12-32)34-30-16-29-31-34)23(35)33-10-6-18-3-4-20(25(26,27)28)13-19(18)15-33/h3-4,13,16-17,21-22H,5-12,14-15H2,1-2H3/t22?,24-/m0/s1. The predicted molar refractivity (Wildman–Crippen MR) is 123 cm³/mol. The summed E-state index contributed by atoms with van der Waals surface area (Å²) < 4.78 is 39.8. The lowest BCUT2D eigenvalue weighted by Gasteiger charge is -2.41. The summed E-state index contributed by atoms with van der Waals surface area (Å²) in [4.78, 5) is 20.0. The topological polar surface area (TPSA) is 67.2 Å². The van der Waals surface area contributed by atoms with Gasteiger partial charge in [0.05, 0.1) is 17.0 Å². The van der Waals surface area contributed by atoms with E-state index in [0.717, 1.165) is 56.8 Å². The first-order valence-electron chi connectivity index (χ1n) is 12.6. The Balaban J connectivity index is 1.27. The summed E-state index contributed by atoms with van der Waals surface area (Å²) in [5.74, 6) is 0.277. The number of piperidine rings is 1. The highest BCUT2D eigenvalue weighted by atomic mass is 19.4. The summed E-state index contributed by atoms with van der Waals surface area (Å²) in [7, 11) is 0. The van der Waals surface area contributed by atoms with Crippen LogP contribution in [0.3, 0.4) is 0 Å². The Bertz CT molecular complexity index is 1050. The summed E-state index contributed by atoms with van der Waals surface area (Å²) >= 11 is 0. The first kappa shape index (κ1) is 24.2. The SMILES string of the molecule is CC(C)[C@]1(C(=O)N2CCc3ccc(C(F)(F)F)cc3C2)CCC(N2CCC(n3ncnn3)CC2)C1. The number of hydrogen-bond donors (Lipinski definition) is 0. The zero-order valence-corrected chi connectivity index (χ0v) is 20.3. The van der Waals surface area contributed by atoms with Crippen LogP contribution in [0.25, 0.3) is 0 Å². The second-order valence-electron chi connectivity index (χ2n) is 10.7. The highest BCUT2D eigenvalue weighted by Crippen LogP contribution is 2.48. The number of fused-ring (bicyclic) bond motifs is 1. The normalized spacial score (nSPS) is 26.3. The van der Waals surface area contributed by atoms with Crippen molar-refractivity contribution in [2.75, 3.05) is 19.6 Å². The second kappa shape index (κ2) is 9.19. The summed E-state index contributed by atoms with van der Waals surface area (Å²) in [5.41, 5.74) is 0.426. The Labute approximate surface area is 203 Å². The third kappa shape index (κ3) is 4.57. The number of carbonyl (C=O) groups is 1. The third-order valence-electron chi connectivity index (χ3n) is 8.59. The molecule has 1 aromatic heterocycles. The van der Waals surface area contributed by atoms with Crippen LogP contribution in [0.15, 0.2) is 24.5 Å². The molecule has 190 valence electrons. The molecule has 1 amide bonds. The molecule has 3 aliphatic rings. The Morgan fingerprint density at radius 3 is 2.51 bits per heavy atom. The molecule has 0 radical (unpaired) electrons. The molecule has 0 bridgehead atoms. The van der Waals surface area contributed by atoms with Crippen molar-refractivity contribution in [1.29, 1.82) is 0 Å². The maximum absolute atomic E-state index is 13.9. The maximum atomic E-state index is 13.9. The number of benzene rings is 1.